The van der Waals surface area contributed by atoms with Crippen molar-refractivity contribution in [3.05, 3.63) is 163 Å². The summed E-state index contributed by atoms with van der Waals surface area (Å²) in [6.07, 6.45) is 5.61. The van der Waals surface area contributed by atoms with Crippen LogP contribution in [0.5, 0.6) is 11.5 Å². The van der Waals surface area contributed by atoms with Crippen molar-refractivity contribution in [1.82, 2.24) is 18.7 Å². The maximum absolute atomic E-state index is 6.57. The fourth-order valence-corrected chi connectivity index (χ4v) is 7.49. The molecular formula is C46H32N4OPt-2. The van der Waals surface area contributed by atoms with Crippen molar-refractivity contribution in [3.63, 3.8) is 0 Å². The molecule has 0 unspecified atom stereocenters. The summed E-state index contributed by atoms with van der Waals surface area (Å²) in [4.78, 5) is 4.82. The summed E-state index contributed by atoms with van der Waals surface area (Å²) in [6, 6.07) is 53.5. The smallest absolute Gasteiger partial charge is 0.179 e. The minimum absolute atomic E-state index is 0. The normalized spacial score (nSPS) is 12.5. The zero-order chi connectivity index (χ0) is 34.3. The predicted molar refractivity (Wildman–Crippen MR) is 208 cm³/mol. The monoisotopic (exact) mass is 851 g/mol. The molecule has 4 heterocycles. The molecular weight excluding hydrogens is 820 g/mol. The van der Waals surface area contributed by atoms with Gasteiger partial charge in [-0.25, -0.2) is 4.98 Å². The molecule has 0 atom stereocenters. The topological polar surface area (TPSA) is 35.0 Å². The summed E-state index contributed by atoms with van der Waals surface area (Å²) in [7, 11) is 0. The third-order valence-corrected chi connectivity index (χ3v) is 9.90. The van der Waals surface area contributed by atoms with Crippen LogP contribution < -0.4 is 9.31 Å². The van der Waals surface area contributed by atoms with Gasteiger partial charge in [-0.2, -0.15) is 12.1 Å². The Kier molecular flexibility index (Phi) is 7.53. The molecule has 1 aliphatic heterocycles. The van der Waals surface area contributed by atoms with Gasteiger partial charge in [0.2, 0.25) is 0 Å². The molecule has 1 aliphatic rings. The van der Waals surface area contributed by atoms with Crippen LogP contribution in [-0.4, -0.2) is 20.3 Å². The molecule has 6 heteroatoms. The first-order valence-corrected chi connectivity index (χ1v) is 17.2. The molecule has 10 rings (SSSR count). The van der Waals surface area contributed by atoms with E-state index in [2.05, 4.69) is 168 Å². The second-order valence-electron chi connectivity index (χ2n) is 14.1. The summed E-state index contributed by atoms with van der Waals surface area (Å²) in [5.41, 5.74) is 9.43. The van der Waals surface area contributed by atoms with Crippen LogP contribution >= 0.6 is 0 Å². The van der Waals surface area contributed by atoms with Crippen LogP contribution in [0.4, 0.5) is 11.4 Å². The van der Waals surface area contributed by atoms with Gasteiger partial charge in [-0.1, -0.05) is 93.0 Å². The third-order valence-electron chi connectivity index (χ3n) is 9.90. The molecule has 6 aromatic carbocycles. The van der Waals surface area contributed by atoms with Gasteiger partial charge in [-0.05, 0) is 57.9 Å². The molecule has 3 aromatic heterocycles. The molecule has 0 N–H and O–H groups in total. The minimum atomic E-state index is -0.0122. The number of aromatic nitrogens is 3. The zero-order valence-electron chi connectivity index (χ0n) is 28.8. The Labute approximate surface area is 316 Å². The van der Waals surface area contributed by atoms with Gasteiger partial charge in [0, 0.05) is 66.3 Å². The van der Waals surface area contributed by atoms with Crippen molar-refractivity contribution in [2.45, 2.75) is 26.2 Å². The Morgan fingerprint density at radius 2 is 1.33 bits per heavy atom. The summed E-state index contributed by atoms with van der Waals surface area (Å²) in [5, 5.41) is 4.65. The summed E-state index contributed by atoms with van der Waals surface area (Å²) in [6.45, 7) is 6.67. The SMILES string of the molecule is CC(C)(C)c1ccnc(-n2c3[c-]c(Oc4[c-]c([N+]5=[C-]c6ccccc6-n6c7ccccc7c7cccc5c76)ccc4)ccc3c3ccccc32)c1.[Pt]. The summed E-state index contributed by atoms with van der Waals surface area (Å²) >= 11 is 0. The maximum Gasteiger partial charge on any atom is 0.179 e. The molecule has 9 aromatic rings. The number of nitrogens with zero attached hydrogens (tertiary/aromatic N) is 4. The second kappa shape index (κ2) is 12.2. The first-order valence-electron chi connectivity index (χ1n) is 17.2. The van der Waals surface area contributed by atoms with Crippen LogP contribution in [0.1, 0.15) is 31.9 Å². The zero-order valence-corrected chi connectivity index (χ0v) is 31.1. The molecule has 0 aliphatic carbocycles. The molecule has 0 spiro atoms. The Balaban J connectivity index is 0.00000360. The van der Waals surface area contributed by atoms with E-state index in [9.17, 15) is 0 Å². The minimum Gasteiger partial charge on any atom is -0.510 e. The number of rotatable bonds is 4. The average molecular weight is 852 g/mol. The van der Waals surface area contributed by atoms with Crippen LogP contribution in [0.2, 0.25) is 0 Å². The first-order chi connectivity index (χ1) is 24.9. The third kappa shape index (κ3) is 5.03. The molecule has 0 radical (unpaired) electrons. The van der Waals surface area contributed by atoms with Crippen molar-refractivity contribution >= 4 is 61.2 Å². The van der Waals surface area contributed by atoms with Crippen LogP contribution in [0.15, 0.2) is 140 Å². The quantitative estimate of drug-likeness (QED) is 0.131. The van der Waals surface area contributed by atoms with Gasteiger partial charge in [0.25, 0.3) is 0 Å². The molecule has 5 nitrogen and oxygen atoms in total. The van der Waals surface area contributed by atoms with Crippen molar-refractivity contribution in [1.29, 1.82) is 0 Å². The van der Waals surface area contributed by atoms with Crippen molar-refractivity contribution in [2.75, 3.05) is 0 Å². The first kappa shape index (κ1) is 32.2. The maximum atomic E-state index is 6.57. The van der Waals surface area contributed by atoms with Gasteiger partial charge in [0.15, 0.2) is 11.9 Å². The van der Waals surface area contributed by atoms with Crippen LogP contribution in [-0.2, 0) is 26.5 Å². The van der Waals surface area contributed by atoms with E-state index in [0.29, 0.717) is 11.5 Å². The summed E-state index contributed by atoms with van der Waals surface area (Å²) in [5.74, 6) is 2.05. The number of pyridine rings is 1. The molecule has 0 saturated carbocycles. The Morgan fingerprint density at radius 1 is 0.635 bits per heavy atom. The molecule has 0 bridgehead atoms. The van der Waals surface area contributed by atoms with Gasteiger partial charge in [0.05, 0.1) is 5.52 Å². The number of ether oxygens (including phenoxy) is 1. The van der Waals surface area contributed by atoms with Gasteiger partial charge in [0.1, 0.15) is 5.82 Å². The number of para-hydroxylation sites is 4. The number of hydrogen-bond acceptors (Lipinski definition) is 2. The molecule has 52 heavy (non-hydrogen) atoms. The van der Waals surface area contributed by atoms with E-state index in [1.807, 2.05) is 24.4 Å². The number of benzene rings is 6. The average Bonchev–Trinajstić information content (AvgIpc) is 3.61. The van der Waals surface area contributed by atoms with E-state index in [1.54, 1.807) is 0 Å². The Morgan fingerprint density at radius 3 is 2.15 bits per heavy atom. The summed E-state index contributed by atoms with van der Waals surface area (Å²) < 4.78 is 13.2. The number of fused-ring (bicyclic) bond motifs is 8. The van der Waals surface area contributed by atoms with E-state index in [1.165, 1.54) is 21.9 Å². The largest absolute Gasteiger partial charge is 0.510 e. The molecule has 0 fully saturated rings. The molecule has 0 saturated heterocycles. The van der Waals surface area contributed by atoms with E-state index in [0.717, 1.165) is 55.8 Å². The van der Waals surface area contributed by atoms with E-state index < -0.39 is 0 Å². The van der Waals surface area contributed by atoms with Gasteiger partial charge >= 0.3 is 0 Å². The van der Waals surface area contributed by atoms with E-state index in [4.69, 9.17) is 9.72 Å². The van der Waals surface area contributed by atoms with Crippen LogP contribution in [0.3, 0.4) is 0 Å². The van der Waals surface area contributed by atoms with Gasteiger partial charge in [-0.3, -0.25) is 4.58 Å². The van der Waals surface area contributed by atoms with Crippen LogP contribution in [0.25, 0.3) is 55.1 Å². The Hall–Kier alpha value is -5.77. The molecule has 254 valence electrons. The van der Waals surface area contributed by atoms with Gasteiger partial charge < -0.3 is 13.9 Å². The second-order valence-corrected chi connectivity index (χ2v) is 14.1. The standard InChI is InChI=1S/C46H32N4O.Pt/c1-46(2,3)31-24-25-47-44(26-31)49-40-19-8-5-15-35(40)37-23-22-34(28-43(37)49)51-33-14-10-13-32(27-33)48-29-30-12-4-7-18-39(30)50-41-20-9-6-16-36(41)38-17-11-21-42(48)45(38)50;/h4-26H,1-3H3;/q-2;. The fraction of sp³-hybridized carbons (Fsp3) is 0.0870. The van der Waals surface area contributed by atoms with Crippen molar-refractivity contribution < 1.29 is 25.8 Å². The van der Waals surface area contributed by atoms with Crippen LogP contribution in [0, 0.1) is 12.1 Å². The van der Waals surface area contributed by atoms with E-state index in [-0.39, 0.29) is 26.5 Å². The van der Waals surface area contributed by atoms with Gasteiger partial charge in [-0.15, -0.1) is 41.8 Å². The Bertz CT molecular complexity index is 2890. The van der Waals surface area contributed by atoms with E-state index >= 15 is 0 Å². The van der Waals surface area contributed by atoms with Crippen molar-refractivity contribution in [2.24, 2.45) is 0 Å². The fourth-order valence-electron chi connectivity index (χ4n) is 7.49. The van der Waals surface area contributed by atoms with Crippen molar-refractivity contribution in [3.8, 4) is 23.0 Å². The predicted octanol–water partition coefficient (Wildman–Crippen LogP) is 11.1. The molecule has 0 amide bonds. The number of hydrogen-bond donors (Lipinski definition) is 0.